The monoisotopic (exact) mass is 282 g/mol. The highest BCUT2D eigenvalue weighted by molar-refractivity contribution is 6.16. The quantitative estimate of drug-likeness (QED) is 0.578. The van der Waals surface area contributed by atoms with Gasteiger partial charge in [0.25, 0.3) is 0 Å². The summed E-state index contributed by atoms with van der Waals surface area (Å²) in [5.41, 5.74) is 2.04. The van der Waals surface area contributed by atoms with Crippen molar-refractivity contribution in [3.8, 4) is 5.75 Å². The van der Waals surface area contributed by atoms with Gasteiger partial charge in [0.05, 0.1) is 24.0 Å². The minimum Gasteiger partial charge on any atom is -0.497 e. The van der Waals surface area contributed by atoms with E-state index in [1.54, 1.807) is 14.2 Å². The summed E-state index contributed by atoms with van der Waals surface area (Å²) in [6.07, 6.45) is 2.07. The van der Waals surface area contributed by atoms with Crippen LogP contribution >= 0.6 is 11.6 Å². The van der Waals surface area contributed by atoms with E-state index in [4.69, 9.17) is 21.1 Å². The van der Waals surface area contributed by atoms with Crippen LogP contribution in [-0.2, 0) is 17.2 Å². The molecule has 0 bridgehead atoms. The lowest BCUT2D eigenvalue weighted by Crippen LogP contribution is -2.03. The van der Waals surface area contributed by atoms with Gasteiger partial charge in [-0.25, -0.2) is 4.98 Å². The highest BCUT2D eigenvalue weighted by Crippen LogP contribution is 2.23. The Bertz CT molecular complexity index is 539. The number of ether oxygens (including phenoxy) is 2. The molecular weight excluding hydrogens is 264 g/mol. The number of hydrogen-bond donors (Lipinski definition) is 0. The summed E-state index contributed by atoms with van der Waals surface area (Å²) in [5.74, 6) is 2.16. The Kier molecular flexibility index (Phi) is 5.05. The fourth-order valence-corrected chi connectivity index (χ4v) is 2.35. The topological polar surface area (TPSA) is 36.3 Å². The van der Waals surface area contributed by atoms with E-state index in [0.717, 1.165) is 48.6 Å². The molecule has 0 aliphatic carbocycles. The first-order chi connectivity index (χ1) is 9.30. The fraction of sp³-hybridized carbons (Fsp3) is 0.500. The first-order valence-electron chi connectivity index (χ1n) is 6.38. The van der Waals surface area contributed by atoms with Gasteiger partial charge < -0.3 is 14.0 Å². The highest BCUT2D eigenvalue weighted by Gasteiger charge is 2.10. The number of rotatable bonds is 7. The second kappa shape index (κ2) is 6.78. The molecule has 5 heteroatoms. The third kappa shape index (κ3) is 3.19. The van der Waals surface area contributed by atoms with Gasteiger partial charge in [0, 0.05) is 26.3 Å². The molecule has 0 spiro atoms. The zero-order chi connectivity index (χ0) is 13.7. The molecule has 0 fully saturated rings. The highest BCUT2D eigenvalue weighted by atomic mass is 35.5. The Morgan fingerprint density at radius 3 is 2.79 bits per heavy atom. The number of hydrogen-bond acceptors (Lipinski definition) is 3. The number of unbranched alkanes of at least 4 members (excludes halogenated alkanes) is 1. The maximum absolute atomic E-state index is 5.98. The Morgan fingerprint density at radius 1 is 1.26 bits per heavy atom. The Balaban J connectivity index is 2.27. The number of halogens is 1. The Hall–Kier alpha value is -1.26. The molecule has 0 unspecified atom stereocenters. The van der Waals surface area contributed by atoms with Crippen LogP contribution in [0.2, 0.25) is 0 Å². The predicted molar refractivity (Wildman–Crippen MR) is 77.0 cm³/mol. The summed E-state index contributed by atoms with van der Waals surface area (Å²) in [4.78, 5) is 4.55. The second-order valence-electron chi connectivity index (χ2n) is 4.37. The van der Waals surface area contributed by atoms with E-state index in [2.05, 4.69) is 9.55 Å². The van der Waals surface area contributed by atoms with Crippen LogP contribution in [0.25, 0.3) is 11.0 Å². The van der Waals surface area contributed by atoms with Crippen LogP contribution in [0.4, 0.5) is 0 Å². The van der Waals surface area contributed by atoms with Crippen molar-refractivity contribution in [3.05, 3.63) is 24.0 Å². The molecule has 0 atom stereocenters. The largest absolute Gasteiger partial charge is 0.497 e. The van der Waals surface area contributed by atoms with E-state index in [1.807, 2.05) is 18.2 Å². The molecule has 104 valence electrons. The lowest BCUT2D eigenvalue weighted by atomic mass is 10.2. The number of alkyl halides is 1. The van der Waals surface area contributed by atoms with Gasteiger partial charge in [-0.1, -0.05) is 0 Å². The van der Waals surface area contributed by atoms with E-state index in [0.29, 0.717) is 5.88 Å². The Morgan fingerprint density at radius 2 is 2.11 bits per heavy atom. The van der Waals surface area contributed by atoms with Crippen LogP contribution in [0.3, 0.4) is 0 Å². The van der Waals surface area contributed by atoms with E-state index in [1.165, 1.54) is 0 Å². The predicted octanol–water partition coefficient (Wildman–Crippen LogP) is 3.21. The van der Waals surface area contributed by atoms with E-state index < -0.39 is 0 Å². The number of fused-ring (bicyclic) bond motifs is 1. The van der Waals surface area contributed by atoms with E-state index in [-0.39, 0.29) is 0 Å². The third-order valence-corrected chi connectivity index (χ3v) is 3.37. The normalized spacial score (nSPS) is 11.1. The van der Waals surface area contributed by atoms with Gasteiger partial charge in [0.1, 0.15) is 11.6 Å². The molecule has 1 aromatic carbocycles. The van der Waals surface area contributed by atoms with Gasteiger partial charge >= 0.3 is 0 Å². The molecule has 2 rings (SSSR count). The first kappa shape index (κ1) is 14.2. The van der Waals surface area contributed by atoms with Crippen LogP contribution < -0.4 is 4.74 Å². The van der Waals surface area contributed by atoms with Crippen LogP contribution in [0, 0.1) is 0 Å². The average Bonchev–Trinajstić information content (AvgIpc) is 2.80. The number of nitrogens with zero attached hydrogens (tertiary/aromatic N) is 2. The number of imidazole rings is 1. The van der Waals surface area contributed by atoms with Gasteiger partial charge in [-0.05, 0) is 25.0 Å². The molecule has 1 aromatic heterocycles. The van der Waals surface area contributed by atoms with Crippen molar-refractivity contribution >= 4 is 22.6 Å². The number of aromatic nitrogens is 2. The summed E-state index contributed by atoms with van der Waals surface area (Å²) >= 11 is 5.98. The minimum absolute atomic E-state index is 0.418. The van der Waals surface area contributed by atoms with Crippen LogP contribution in [0.15, 0.2) is 18.2 Å². The summed E-state index contributed by atoms with van der Waals surface area (Å²) in [5, 5.41) is 0. The molecule has 0 aliphatic rings. The van der Waals surface area contributed by atoms with Crippen molar-refractivity contribution in [1.29, 1.82) is 0 Å². The van der Waals surface area contributed by atoms with Crippen molar-refractivity contribution in [2.45, 2.75) is 25.3 Å². The Labute approximate surface area is 118 Å². The molecular formula is C14H19ClN2O2. The molecule has 0 radical (unpaired) electrons. The van der Waals surface area contributed by atoms with Crippen LogP contribution in [-0.4, -0.2) is 30.4 Å². The van der Waals surface area contributed by atoms with Crippen molar-refractivity contribution in [2.75, 3.05) is 20.8 Å². The molecule has 0 saturated carbocycles. The molecule has 0 aliphatic heterocycles. The number of methoxy groups -OCH3 is 2. The van der Waals surface area contributed by atoms with Crippen molar-refractivity contribution < 1.29 is 9.47 Å². The van der Waals surface area contributed by atoms with Crippen LogP contribution in [0.5, 0.6) is 5.75 Å². The second-order valence-corrected chi connectivity index (χ2v) is 4.64. The van der Waals surface area contributed by atoms with E-state index >= 15 is 0 Å². The van der Waals surface area contributed by atoms with Gasteiger partial charge in [0.15, 0.2) is 0 Å². The number of benzene rings is 1. The zero-order valence-electron chi connectivity index (χ0n) is 11.4. The molecule has 0 amide bonds. The van der Waals surface area contributed by atoms with Crippen LogP contribution in [0.1, 0.15) is 18.7 Å². The third-order valence-electron chi connectivity index (χ3n) is 3.13. The van der Waals surface area contributed by atoms with E-state index in [9.17, 15) is 0 Å². The SMILES string of the molecule is COCCCCn1c(CCl)nc2ccc(OC)cc21. The fourth-order valence-electron chi connectivity index (χ4n) is 2.15. The first-order valence-corrected chi connectivity index (χ1v) is 6.91. The maximum atomic E-state index is 5.98. The van der Waals surface area contributed by atoms with Crippen molar-refractivity contribution in [3.63, 3.8) is 0 Å². The average molecular weight is 283 g/mol. The smallest absolute Gasteiger partial charge is 0.124 e. The van der Waals surface area contributed by atoms with Gasteiger partial charge in [0.2, 0.25) is 0 Å². The maximum Gasteiger partial charge on any atom is 0.124 e. The minimum atomic E-state index is 0.418. The molecule has 0 saturated heterocycles. The zero-order valence-corrected chi connectivity index (χ0v) is 12.1. The molecule has 4 nitrogen and oxygen atoms in total. The molecule has 0 N–H and O–H groups in total. The van der Waals surface area contributed by atoms with Crippen molar-refractivity contribution in [1.82, 2.24) is 9.55 Å². The summed E-state index contributed by atoms with van der Waals surface area (Å²) in [6, 6.07) is 5.90. The summed E-state index contributed by atoms with van der Waals surface area (Å²) < 4.78 is 12.5. The van der Waals surface area contributed by atoms with Gasteiger partial charge in [-0.2, -0.15) is 0 Å². The van der Waals surface area contributed by atoms with Crippen molar-refractivity contribution in [2.24, 2.45) is 0 Å². The van der Waals surface area contributed by atoms with Gasteiger partial charge in [-0.15, -0.1) is 11.6 Å². The molecule has 1 heterocycles. The lowest BCUT2D eigenvalue weighted by molar-refractivity contribution is 0.191. The molecule has 2 aromatic rings. The summed E-state index contributed by atoms with van der Waals surface area (Å²) in [7, 11) is 3.39. The summed E-state index contributed by atoms with van der Waals surface area (Å²) in [6.45, 7) is 1.68. The number of aryl methyl sites for hydroxylation is 1. The van der Waals surface area contributed by atoms with Gasteiger partial charge in [-0.3, -0.25) is 0 Å². The standard InChI is InChI=1S/C14H19ClN2O2/c1-18-8-4-3-7-17-13-9-11(19-2)5-6-12(13)16-14(17)10-15/h5-6,9H,3-4,7-8,10H2,1-2H3. The lowest BCUT2D eigenvalue weighted by Gasteiger charge is -2.08. The molecule has 19 heavy (non-hydrogen) atoms.